The Morgan fingerprint density at radius 3 is 2.42 bits per heavy atom. The predicted octanol–water partition coefficient (Wildman–Crippen LogP) is 1.63. The third-order valence-electron chi connectivity index (χ3n) is 5.08. The van der Waals surface area contributed by atoms with Crippen LogP contribution in [0.15, 0.2) is 0 Å². The third kappa shape index (κ3) is 5.19. The number of imide groups is 1. The molecule has 3 amide bonds. The van der Waals surface area contributed by atoms with E-state index in [1.807, 2.05) is 0 Å². The maximum Gasteiger partial charge on any atom is 0.338 e. The molecule has 136 valence electrons. The zero-order valence-corrected chi connectivity index (χ0v) is 14.3. The Morgan fingerprint density at radius 1 is 1.08 bits per heavy atom. The van der Waals surface area contributed by atoms with E-state index < -0.39 is 30.1 Å². The fourth-order valence-corrected chi connectivity index (χ4v) is 3.50. The van der Waals surface area contributed by atoms with E-state index in [1.165, 1.54) is 6.42 Å². The Morgan fingerprint density at radius 2 is 1.75 bits per heavy atom. The lowest BCUT2D eigenvalue weighted by Crippen LogP contribution is -2.49. The van der Waals surface area contributed by atoms with E-state index in [0.29, 0.717) is 18.8 Å². The molecule has 0 aromatic rings. The summed E-state index contributed by atoms with van der Waals surface area (Å²) in [4.78, 5) is 35.5. The normalized spacial score (nSPS) is 26.2. The zero-order valence-electron chi connectivity index (χ0n) is 14.3. The molecule has 7 heteroatoms. The van der Waals surface area contributed by atoms with Crippen molar-refractivity contribution in [3.05, 3.63) is 0 Å². The van der Waals surface area contributed by atoms with E-state index in [-0.39, 0.29) is 6.04 Å². The summed E-state index contributed by atoms with van der Waals surface area (Å²) in [6.07, 6.45) is 7.43. The van der Waals surface area contributed by atoms with Crippen LogP contribution in [0.5, 0.6) is 0 Å². The van der Waals surface area contributed by atoms with Crippen molar-refractivity contribution in [2.45, 2.75) is 76.4 Å². The van der Waals surface area contributed by atoms with E-state index in [9.17, 15) is 19.5 Å². The zero-order chi connectivity index (χ0) is 17.6. The number of esters is 1. The topological polar surface area (TPSA) is 105 Å². The minimum Gasteiger partial charge on any atom is -0.453 e. The molecule has 0 aliphatic heterocycles. The van der Waals surface area contributed by atoms with Gasteiger partial charge in [0.05, 0.1) is 0 Å². The largest absolute Gasteiger partial charge is 0.453 e. The van der Waals surface area contributed by atoms with Gasteiger partial charge in [0.15, 0.2) is 12.2 Å². The van der Waals surface area contributed by atoms with Gasteiger partial charge in [0.25, 0.3) is 5.91 Å². The molecule has 0 unspecified atom stereocenters. The van der Waals surface area contributed by atoms with Gasteiger partial charge in [0.2, 0.25) is 0 Å². The second kappa shape index (κ2) is 8.46. The van der Waals surface area contributed by atoms with Crippen LogP contribution in [0.4, 0.5) is 4.79 Å². The number of urea groups is 1. The van der Waals surface area contributed by atoms with Crippen molar-refractivity contribution in [2.24, 2.45) is 5.92 Å². The standard InChI is InChI=1S/C17H28N2O5/c1-12-7-3-4-8-13(12)18-16(22)19-14(20)11-24-15(21)17(23)9-5-2-6-10-17/h12-13,23H,2-11H2,1H3,(H2,18,19,20,22)/t12-,13+/m1/s1. The SMILES string of the molecule is C[C@@H]1CCCC[C@@H]1NC(=O)NC(=O)COC(=O)C1(O)CCCCC1. The molecule has 0 radical (unpaired) electrons. The summed E-state index contributed by atoms with van der Waals surface area (Å²) < 4.78 is 4.88. The van der Waals surface area contributed by atoms with Gasteiger partial charge in [-0.15, -0.1) is 0 Å². The smallest absolute Gasteiger partial charge is 0.338 e. The van der Waals surface area contributed by atoms with Gasteiger partial charge in [-0.25, -0.2) is 9.59 Å². The number of hydrogen-bond acceptors (Lipinski definition) is 5. The molecule has 24 heavy (non-hydrogen) atoms. The molecule has 7 nitrogen and oxygen atoms in total. The van der Waals surface area contributed by atoms with Gasteiger partial charge in [-0.2, -0.15) is 0 Å². The summed E-state index contributed by atoms with van der Waals surface area (Å²) in [5.41, 5.74) is -1.49. The van der Waals surface area contributed by atoms with Crippen LogP contribution in [0.1, 0.15) is 64.7 Å². The number of carbonyl (C=O) groups excluding carboxylic acids is 3. The van der Waals surface area contributed by atoms with Crippen LogP contribution in [-0.4, -0.2) is 41.3 Å². The molecule has 0 spiro atoms. The second-order valence-corrected chi connectivity index (χ2v) is 7.06. The third-order valence-corrected chi connectivity index (χ3v) is 5.08. The van der Waals surface area contributed by atoms with E-state index in [2.05, 4.69) is 17.6 Å². The van der Waals surface area contributed by atoms with Crippen LogP contribution < -0.4 is 10.6 Å². The first-order valence-corrected chi connectivity index (χ1v) is 8.91. The second-order valence-electron chi connectivity index (χ2n) is 7.06. The summed E-state index contributed by atoms with van der Waals surface area (Å²) in [6, 6.07) is -0.497. The molecule has 2 rings (SSSR count). The molecular formula is C17H28N2O5. The quantitative estimate of drug-likeness (QED) is 0.675. The highest BCUT2D eigenvalue weighted by Gasteiger charge is 2.39. The lowest BCUT2D eigenvalue weighted by molar-refractivity contribution is -0.170. The number of ether oxygens (including phenoxy) is 1. The lowest BCUT2D eigenvalue weighted by Gasteiger charge is -2.29. The molecule has 0 bridgehead atoms. The molecule has 3 N–H and O–H groups in total. The maximum atomic E-state index is 11.9. The van der Waals surface area contributed by atoms with Gasteiger partial charge in [0, 0.05) is 6.04 Å². The van der Waals surface area contributed by atoms with E-state index in [4.69, 9.17) is 4.74 Å². The van der Waals surface area contributed by atoms with Crippen molar-refractivity contribution < 1.29 is 24.2 Å². The molecule has 2 aliphatic rings. The van der Waals surface area contributed by atoms with Crippen molar-refractivity contribution in [2.75, 3.05) is 6.61 Å². The first-order chi connectivity index (χ1) is 11.4. The van der Waals surface area contributed by atoms with Crippen LogP contribution in [0.3, 0.4) is 0 Å². The molecule has 0 aromatic heterocycles. The maximum absolute atomic E-state index is 11.9. The summed E-state index contributed by atoms with van der Waals surface area (Å²) >= 11 is 0. The summed E-state index contributed by atoms with van der Waals surface area (Å²) in [5.74, 6) is -1.08. The van der Waals surface area contributed by atoms with Crippen LogP contribution in [0, 0.1) is 5.92 Å². The average Bonchev–Trinajstić information content (AvgIpc) is 2.55. The van der Waals surface area contributed by atoms with Crippen LogP contribution >= 0.6 is 0 Å². The number of hydrogen-bond donors (Lipinski definition) is 3. The minimum atomic E-state index is -1.49. The number of rotatable bonds is 4. The predicted molar refractivity (Wildman–Crippen MR) is 87.1 cm³/mol. The van der Waals surface area contributed by atoms with Gasteiger partial charge in [0.1, 0.15) is 0 Å². The molecule has 2 aliphatic carbocycles. The number of amides is 3. The Hall–Kier alpha value is -1.63. The molecule has 2 atom stereocenters. The fraction of sp³-hybridized carbons (Fsp3) is 0.824. The van der Waals surface area contributed by atoms with E-state index in [1.54, 1.807) is 0 Å². The van der Waals surface area contributed by atoms with Crippen LogP contribution in [0.2, 0.25) is 0 Å². The van der Waals surface area contributed by atoms with Gasteiger partial charge >= 0.3 is 12.0 Å². The highest BCUT2D eigenvalue weighted by Crippen LogP contribution is 2.29. The van der Waals surface area contributed by atoms with Gasteiger partial charge in [-0.1, -0.05) is 26.2 Å². The fourth-order valence-electron chi connectivity index (χ4n) is 3.50. The van der Waals surface area contributed by atoms with Gasteiger partial charge < -0.3 is 15.2 Å². The van der Waals surface area contributed by atoms with Gasteiger partial charge in [-0.3, -0.25) is 10.1 Å². The van der Waals surface area contributed by atoms with Crippen molar-refractivity contribution in [3.8, 4) is 0 Å². The molecule has 2 fully saturated rings. The van der Waals surface area contributed by atoms with Crippen LogP contribution in [0.25, 0.3) is 0 Å². The summed E-state index contributed by atoms with van der Waals surface area (Å²) in [7, 11) is 0. The summed E-state index contributed by atoms with van der Waals surface area (Å²) in [5, 5.41) is 15.2. The number of nitrogens with one attached hydrogen (secondary N) is 2. The Balaban J connectivity index is 1.70. The highest BCUT2D eigenvalue weighted by molar-refractivity contribution is 5.96. The van der Waals surface area contributed by atoms with E-state index in [0.717, 1.165) is 38.5 Å². The van der Waals surface area contributed by atoms with Gasteiger partial charge in [-0.05, 0) is 44.4 Å². The molecule has 2 saturated carbocycles. The number of aliphatic hydroxyl groups is 1. The minimum absolute atomic E-state index is 0.0667. The molecule has 0 heterocycles. The Kier molecular flexibility index (Phi) is 6.60. The Bertz CT molecular complexity index is 474. The average molecular weight is 340 g/mol. The van der Waals surface area contributed by atoms with Crippen molar-refractivity contribution in [1.29, 1.82) is 0 Å². The van der Waals surface area contributed by atoms with Crippen molar-refractivity contribution in [3.63, 3.8) is 0 Å². The summed E-state index contributed by atoms with van der Waals surface area (Å²) in [6.45, 7) is 1.52. The monoisotopic (exact) mass is 340 g/mol. The van der Waals surface area contributed by atoms with Crippen molar-refractivity contribution >= 4 is 17.9 Å². The Labute approximate surface area is 142 Å². The van der Waals surface area contributed by atoms with Crippen LogP contribution in [-0.2, 0) is 14.3 Å². The molecule has 0 saturated heterocycles. The first-order valence-electron chi connectivity index (χ1n) is 8.91. The lowest BCUT2D eigenvalue weighted by atomic mass is 9.85. The highest BCUT2D eigenvalue weighted by atomic mass is 16.6. The number of carbonyl (C=O) groups is 3. The van der Waals surface area contributed by atoms with E-state index >= 15 is 0 Å². The van der Waals surface area contributed by atoms with Crippen molar-refractivity contribution in [1.82, 2.24) is 10.6 Å². The first kappa shape index (κ1) is 18.7. The molecular weight excluding hydrogens is 312 g/mol. The molecule has 0 aromatic carbocycles.